The Labute approximate surface area is 331 Å². The Morgan fingerprint density at radius 3 is 2.39 bits per heavy atom. The van der Waals surface area contributed by atoms with Crippen LogP contribution in [0.15, 0.2) is 48.0 Å². The van der Waals surface area contributed by atoms with E-state index in [1.807, 2.05) is 0 Å². The molecule has 0 bridgehead atoms. The second-order valence-electron chi connectivity index (χ2n) is 13.8. The molecule has 302 valence electrons. The van der Waals surface area contributed by atoms with Crippen LogP contribution >= 0.6 is 22.6 Å². The van der Waals surface area contributed by atoms with Crippen molar-refractivity contribution in [3.05, 3.63) is 82.0 Å². The smallest absolute Gasteiger partial charge is 0.433 e. The third-order valence-corrected chi connectivity index (χ3v) is 11.1. The molecule has 0 radical (unpaired) electrons. The number of likely N-dealkylation sites (N-methyl/N-ethyl adjacent to an activating group) is 1. The Morgan fingerprint density at radius 2 is 1.73 bits per heavy atom. The molecule has 2 aromatic carbocycles. The Balaban J connectivity index is 1.33. The third kappa shape index (κ3) is 8.31. The van der Waals surface area contributed by atoms with Crippen LogP contribution in [0.4, 0.5) is 36.4 Å². The molecule has 6 rings (SSSR count). The van der Waals surface area contributed by atoms with Gasteiger partial charge in [-0.2, -0.15) is 26.3 Å². The highest BCUT2D eigenvalue weighted by molar-refractivity contribution is 14.1. The van der Waals surface area contributed by atoms with Gasteiger partial charge >= 0.3 is 10.1 Å². The molecule has 1 saturated heterocycles. The number of hydrogen-bond acceptors (Lipinski definition) is 9. The van der Waals surface area contributed by atoms with E-state index >= 15 is 8.78 Å². The maximum atomic E-state index is 15.6. The topological polar surface area (TPSA) is 120 Å². The largest absolute Gasteiger partial charge is 0.509 e. The number of hydrazine groups is 1. The maximum Gasteiger partial charge on any atom is 0.433 e. The molecule has 3 aliphatic rings. The molecule has 19 heteroatoms. The fourth-order valence-electron chi connectivity index (χ4n) is 7.36. The van der Waals surface area contributed by atoms with E-state index in [-0.39, 0.29) is 42.0 Å². The van der Waals surface area contributed by atoms with Crippen LogP contribution < -0.4 is 10.1 Å². The highest BCUT2D eigenvalue weighted by Gasteiger charge is 2.52. The normalized spacial score (nSPS) is 18.5. The van der Waals surface area contributed by atoms with Crippen molar-refractivity contribution in [3.63, 3.8) is 0 Å². The number of rotatable bonds is 10. The molecule has 3 heterocycles. The summed E-state index contributed by atoms with van der Waals surface area (Å²) in [5.41, 5.74) is -5.88. The molecule has 56 heavy (non-hydrogen) atoms. The van der Waals surface area contributed by atoms with E-state index in [0.717, 1.165) is 59.1 Å². The van der Waals surface area contributed by atoms with Gasteiger partial charge in [0.15, 0.2) is 17.3 Å². The van der Waals surface area contributed by atoms with Crippen molar-refractivity contribution in [3.8, 4) is 17.0 Å². The number of morpholine rings is 1. The molecule has 2 amide bonds. The number of carbonyl (C=O) groups excluding carboxylic acids is 2. The summed E-state index contributed by atoms with van der Waals surface area (Å²) in [7, 11) is 1.49. The Hall–Kier alpha value is -4.08. The van der Waals surface area contributed by atoms with Gasteiger partial charge in [-0.1, -0.05) is 31.4 Å². The van der Waals surface area contributed by atoms with E-state index < -0.39 is 79.5 Å². The standard InChI is InChI=1S/C37H38F7IN6O5/c1-21-30(46-20-47-31(21)36(40,41)42)24-18-23(37(43,44)45)7-8-25(24)48-33(53)27-32(52)35(10-4-3-5-11-35)49(2)51(34(27)54)19-22-6-9-26(29(39)28(22)38)56-17-14-50-12-15-55-16-13-50/h6-9,18,20,52H,3-5,10-17,19H2,1-2H3,(H,48,53). The van der Waals surface area contributed by atoms with Crippen LogP contribution in [-0.2, 0) is 31.0 Å². The number of anilines is 1. The van der Waals surface area contributed by atoms with Gasteiger partial charge in [0.2, 0.25) is 5.82 Å². The maximum absolute atomic E-state index is 15.6. The lowest BCUT2D eigenvalue weighted by molar-refractivity contribution is -0.166. The van der Waals surface area contributed by atoms with E-state index in [1.54, 1.807) is 0 Å². The first-order valence-electron chi connectivity index (χ1n) is 17.7. The van der Waals surface area contributed by atoms with Crippen LogP contribution in [0.25, 0.3) is 11.3 Å². The number of halogens is 8. The molecule has 1 saturated carbocycles. The predicted molar refractivity (Wildman–Crippen MR) is 197 cm³/mol. The van der Waals surface area contributed by atoms with Gasteiger partial charge in [-0.25, -0.2) is 19.4 Å². The van der Waals surface area contributed by atoms with E-state index in [0.29, 0.717) is 52.0 Å². The summed E-state index contributed by atoms with van der Waals surface area (Å²) in [6.07, 6.45) is -1.84. The minimum absolute atomic E-state index is 0.0827. The van der Waals surface area contributed by atoms with E-state index in [1.165, 1.54) is 24.2 Å². The number of carbonyl (C=O) groups is 2. The summed E-state index contributed by atoms with van der Waals surface area (Å²) in [5.74, 6) is -5.80. The molecule has 1 aromatic heterocycles. The quantitative estimate of drug-likeness (QED) is 0.0937. The molecule has 2 N–H and O–H groups in total. The number of aliphatic hydroxyl groups is 1. The molecule has 3 aromatic rings. The van der Waals surface area contributed by atoms with E-state index in [9.17, 15) is 36.6 Å². The van der Waals surface area contributed by atoms with Crippen LogP contribution in [-0.4, -0.2) is 93.8 Å². The summed E-state index contributed by atoms with van der Waals surface area (Å²) in [6, 6.07) is 5.33. The first-order valence-corrected chi connectivity index (χ1v) is 18.8. The predicted octanol–water partition coefficient (Wildman–Crippen LogP) is 7.29. The number of aliphatic hydroxyl groups excluding tert-OH is 1. The first kappa shape index (κ1) is 41.6. The summed E-state index contributed by atoms with van der Waals surface area (Å²) < 4.78 is 109. The number of hydrogen-bond donors (Lipinski definition) is 2. The van der Waals surface area contributed by atoms with Crippen LogP contribution in [0.2, 0.25) is 0 Å². The molecule has 1 spiro atoms. The van der Waals surface area contributed by atoms with Gasteiger partial charge in [0, 0.05) is 71.5 Å². The van der Waals surface area contributed by atoms with Crippen LogP contribution in [0.5, 0.6) is 5.75 Å². The Kier molecular flexibility index (Phi) is 12.2. The first-order chi connectivity index (χ1) is 26.4. The Bertz CT molecular complexity index is 2020. The number of nitrogens with zero attached hydrogens (tertiary/aromatic N) is 5. The molecule has 2 aliphatic heterocycles. The molecule has 0 unspecified atom stereocenters. The average Bonchev–Trinajstić information content (AvgIpc) is 3.15. The van der Waals surface area contributed by atoms with Crippen molar-refractivity contribution in [1.29, 1.82) is 0 Å². The summed E-state index contributed by atoms with van der Waals surface area (Å²) in [5, 5.41) is 16.6. The Morgan fingerprint density at radius 1 is 1.04 bits per heavy atom. The third-order valence-electron chi connectivity index (χ3n) is 10.4. The highest BCUT2D eigenvalue weighted by atomic mass is 127. The second-order valence-corrected chi connectivity index (χ2v) is 15.1. The minimum Gasteiger partial charge on any atom is -0.509 e. The van der Waals surface area contributed by atoms with Crippen molar-refractivity contribution in [1.82, 2.24) is 24.9 Å². The van der Waals surface area contributed by atoms with E-state index in [4.69, 9.17) is 9.47 Å². The zero-order valence-electron chi connectivity index (χ0n) is 30.3. The van der Waals surface area contributed by atoms with Crippen LogP contribution in [0.1, 0.15) is 54.5 Å². The van der Waals surface area contributed by atoms with Crippen molar-refractivity contribution in [2.75, 3.05) is 51.8 Å². The minimum atomic E-state index is -4.93. The summed E-state index contributed by atoms with van der Waals surface area (Å²) in [4.78, 5) is 37.7. The molecule has 1 aliphatic carbocycles. The van der Waals surface area contributed by atoms with Crippen molar-refractivity contribution >= 4 is 40.1 Å². The van der Waals surface area contributed by atoms with Gasteiger partial charge in [-0.05, 0) is 38.0 Å². The van der Waals surface area contributed by atoms with E-state index in [2.05, 4.69) is 20.2 Å². The number of alkyl halides is 6. The zero-order valence-corrected chi connectivity index (χ0v) is 32.4. The van der Waals surface area contributed by atoms with Gasteiger partial charge in [-0.3, -0.25) is 19.5 Å². The van der Waals surface area contributed by atoms with Gasteiger partial charge in [-0.15, -0.1) is 0 Å². The fourth-order valence-corrected chi connectivity index (χ4v) is 7.69. The van der Waals surface area contributed by atoms with Crippen molar-refractivity contribution in [2.24, 2.45) is 0 Å². The van der Waals surface area contributed by atoms with Crippen LogP contribution in [0.3, 0.4) is 0 Å². The number of aromatic nitrogens is 2. The number of ether oxygens (including phenoxy) is 2. The zero-order chi connectivity index (χ0) is 40.6. The average molecular weight is 907 g/mol. The number of amides is 2. The summed E-state index contributed by atoms with van der Waals surface area (Å²) >= 11 is 0.847. The van der Waals surface area contributed by atoms with Gasteiger partial charge in [0.1, 0.15) is 24.3 Å². The second kappa shape index (κ2) is 16.4. The van der Waals surface area contributed by atoms with Gasteiger partial charge in [0.25, 0.3) is 11.8 Å². The van der Waals surface area contributed by atoms with Gasteiger partial charge in [0.05, 0.1) is 36.7 Å². The molecular weight excluding hydrogens is 868 g/mol. The van der Waals surface area contributed by atoms with Crippen molar-refractivity contribution in [2.45, 2.75) is 61.2 Å². The lowest BCUT2D eigenvalue weighted by Gasteiger charge is -2.51. The lowest BCUT2D eigenvalue weighted by Crippen LogP contribution is -2.63. The summed E-state index contributed by atoms with van der Waals surface area (Å²) in [6.45, 7) is 3.50. The number of nitrogens with one attached hydrogen (secondary N) is 1. The van der Waals surface area contributed by atoms with Crippen LogP contribution in [0, 0.1) is 18.6 Å². The fraction of sp³-hybridized carbons (Fsp3) is 0.459. The lowest BCUT2D eigenvalue weighted by atomic mass is 9.77. The SMILES string of the molecule is Cc1c(-c2cc(C(F)(F)I)ccc2NC(=O)C2=C(O)C3(CCCCC3)N(C)N(Cc3ccc(OCCN4CCOCC4)c(F)c3F)C2=O)ncnc1C(F)(F)F. The molecule has 0 atom stereocenters. The molecular formula is C37H38F7IN6O5. The molecule has 2 fully saturated rings. The van der Waals surface area contributed by atoms with Crippen molar-refractivity contribution < 1.29 is 54.9 Å². The monoisotopic (exact) mass is 906 g/mol. The number of benzene rings is 2. The highest BCUT2D eigenvalue weighted by Crippen LogP contribution is 2.45. The van der Waals surface area contributed by atoms with Gasteiger partial charge < -0.3 is 19.9 Å². The molecule has 11 nitrogen and oxygen atoms in total.